The van der Waals surface area contributed by atoms with E-state index in [-0.39, 0.29) is 5.92 Å². The molecule has 1 heterocycles. The maximum Gasteiger partial charge on any atom is 0.108 e. The fraction of sp³-hybridized carbons (Fsp3) is 0.278. The monoisotopic (exact) mass is 264 g/mol. The lowest BCUT2D eigenvalue weighted by Gasteiger charge is -2.27. The molecule has 0 spiro atoms. The van der Waals surface area contributed by atoms with E-state index in [0.29, 0.717) is 0 Å². The Bertz CT molecular complexity index is 517. The minimum atomic E-state index is 0.0514. The second-order valence-corrected chi connectivity index (χ2v) is 5.33. The molecule has 102 valence electrons. The first-order valence-corrected chi connectivity index (χ1v) is 7.29. The smallest absolute Gasteiger partial charge is 0.108 e. The number of hydrogen-bond donors (Lipinski definition) is 1. The molecule has 1 aliphatic rings. The highest BCUT2D eigenvalue weighted by Crippen LogP contribution is 2.28. The van der Waals surface area contributed by atoms with Gasteiger partial charge in [0.15, 0.2) is 0 Å². The van der Waals surface area contributed by atoms with Crippen LogP contribution in [0.2, 0.25) is 0 Å². The average Bonchev–Trinajstić information content (AvgIpc) is 3.04. The molecule has 0 saturated carbocycles. The lowest BCUT2D eigenvalue weighted by Crippen LogP contribution is -2.32. The van der Waals surface area contributed by atoms with E-state index >= 15 is 0 Å². The van der Waals surface area contributed by atoms with Gasteiger partial charge >= 0.3 is 0 Å². The molecule has 1 saturated heterocycles. The van der Waals surface area contributed by atoms with Gasteiger partial charge in [-0.3, -0.25) is 5.41 Å². The van der Waals surface area contributed by atoms with Crippen LogP contribution in [0.4, 0.5) is 0 Å². The van der Waals surface area contributed by atoms with Gasteiger partial charge in [0, 0.05) is 13.1 Å². The molecule has 0 radical (unpaired) electrons. The number of nitrogens with one attached hydrogen (secondary N) is 1. The van der Waals surface area contributed by atoms with Crippen LogP contribution in [0.5, 0.6) is 0 Å². The van der Waals surface area contributed by atoms with E-state index in [1.807, 2.05) is 12.1 Å². The van der Waals surface area contributed by atoms with Gasteiger partial charge in [0.2, 0.25) is 0 Å². The fourth-order valence-corrected chi connectivity index (χ4v) is 2.94. The van der Waals surface area contributed by atoms with Crippen molar-refractivity contribution < 1.29 is 0 Å². The predicted octanol–water partition coefficient (Wildman–Crippen LogP) is 3.89. The van der Waals surface area contributed by atoms with Crippen molar-refractivity contribution in [1.82, 2.24) is 4.90 Å². The predicted molar refractivity (Wildman–Crippen MR) is 83.3 cm³/mol. The highest BCUT2D eigenvalue weighted by Gasteiger charge is 2.25. The molecule has 1 N–H and O–H groups in total. The zero-order chi connectivity index (χ0) is 13.8. The molecule has 0 atom stereocenters. The number of likely N-dealkylation sites (tertiary alicyclic amines) is 1. The molecule has 0 bridgehead atoms. The van der Waals surface area contributed by atoms with Gasteiger partial charge in [-0.1, -0.05) is 60.7 Å². The summed E-state index contributed by atoms with van der Waals surface area (Å²) in [4.78, 5) is 2.23. The Kier molecular flexibility index (Phi) is 3.82. The highest BCUT2D eigenvalue weighted by atomic mass is 15.2. The third kappa shape index (κ3) is 2.60. The Hall–Kier alpha value is -2.09. The Balaban J connectivity index is 1.97. The Morgan fingerprint density at radius 3 is 1.70 bits per heavy atom. The molecule has 20 heavy (non-hydrogen) atoms. The summed E-state index contributed by atoms with van der Waals surface area (Å²) in [5.74, 6) is 0.787. The van der Waals surface area contributed by atoms with E-state index < -0.39 is 0 Å². The quantitative estimate of drug-likeness (QED) is 0.661. The van der Waals surface area contributed by atoms with Crippen LogP contribution < -0.4 is 0 Å². The summed E-state index contributed by atoms with van der Waals surface area (Å²) in [6, 6.07) is 20.8. The minimum Gasteiger partial charge on any atom is -0.360 e. The summed E-state index contributed by atoms with van der Waals surface area (Å²) in [7, 11) is 0. The van der Waals surface area contributed by atoms with E-state index in [0.717, 1.165) is 18.9 Å². The lowest BCUT2D eigenvalue weighted by atomic mass is 9.89. The first-order valence-electron chi connectivity index (χ1n) is 7.29. The first kappa shape index (κ1) is 12.9. The summed E-state index contributed by atoms with van der Waals surface area (Å²) < 4.78 is 0. The van der Waals surface area contributed by atoms with Crippen LogP contribution in [-0.4, -0.2) is 23.8 Å². The minimum absolute atomic E-state index is 0.0514. The maximum absolute atomic E-state index is 8.64. The Morgan fingerprint density at radius 1 is 0.800 bits per heavy atom. The number of nitrogens with zero attached hydrogens (tertiary/aromatic N) is 1. The molecule has 0 unspecified atom stereocenters. The van der Waals surface area contributed by atoms with Gasteiger partial charge in [-0.15, -0.1) is 0 Å². The summed E-state index contributed by atoms with van der Waals surface area (Å²) in [5.41, 5.74) is 2.41. The molecule has 1 aliphatic heterocycles. The molecule has 2 heteroatoms. The second kappa shape index (κ2) is 5.91. The van der Waals surface area contributed by atoms with Crippen LogP contribution in [0.15, 0.2) is 60.7 Å². The lowest BCUT2D eigenvalue weighted by molar-refractivity contribution is 0.499. The van der Waals surface area contributed by atoms with Crippen molar-refractivity contribution in [2.24, 2.45) is 0 Å². The molecule has 0 aliphatic carbocycles. The van der Waals surface area contributed by atoms with Gasteiger partial charge in [-0.05, 0) is 24.0 Å². The number of benzene rings is 2. The van der Waals surface area contributed by atoms with Crippen molar-refractivity contribution in [3.05, 3.63) is 71.8 Å². The topological polar surface area (TPSA) is 27.1 Å². The van der Waals surface area contributed by atoms with Crippen molar-refractivity contribution in [3.8, 4) is 0 Å². The van der Waals surface area contributed by atoms with Crippen LogP contribution in [0.25, 0.3) is 0 Å². The van der Waals surface area contributed by atoms with Crippen LogP contribution in [0.3, 0.4) is 0 Å². The molecule has 1 fully saturated rings. The standard InChI is InChI=1S/C18H20N2/c19-18(20-13-7-8-14-20)17(15-9-3-1-4-10-15)16-11-5-2-6-12-16/h1-6,9-12,17,19H,7-8,13-14H2. The molecule has 0 amide bonds. The van der Waals surface area contributed by atoms with Gasteiger partial charge in [-0.2, -0.15) is 0 Å². The molecule has 2 aromatic rings. The summed E-state index contributed by atoms with van der Waals surface area (Å²) >= 11 is 0. The molecular formula is C18H20N2. The zero-order valence-electron chi connectivity index (χ0n) is 11.6. The molecule has 2 nitrogen and oxygen atoms in total. The zero-order valence-corrected chi connectivity index (χ0v) is 11.6. The summed E-state index contributed by atoms with van der Waals surface area (Å²) in [5, 5.41) is 8.64. The average molecular weight is 264 g/mol. The fourth-order valence-electron chi connectivity index (χ4n) is 2.94. The molecule has 0 aromatic heterocycles. The van der Waals surface area contributed by atoms with E-state index in [2.05, 4.69) is 53.4 Å². The van der Waals surface area contributed by atoms with Crippen molar-refractivity contribution >= 4 is 5.84 Å². The first-order chi connectivity index (χ1) is 9.86. The molecular weight excluding hydrogens is 244 g/mol. The van der Waals surface area contributed by atoms with E-state index in [1.54, 1.807) is 0 Å². The van der Waals surface area contributed by atoms with Gasteiger partial charge in [0.1, 0.15) is 5.84 Å². The Morgan fingerprint density at radius 2 is 1.25 bits per heavy atom. The highest BCUT2D eigenvalue weighted by molar-refractivity contribution is 5.89. The van der Waals surface area contributed by atoms with Gasteiger partial charge < -0.3 is 4.90 Å². The van der Waals surface area contributed by atoms with E-state index in [1.165, 1.54) is 24.0 Å². The van der Waals surface area contributed by atoms with Gasteiger partial charge in [0.25, 0.3) is 0 Å². The van der Waals surface area contributed by atoms with Gasteiger partial charge in [-0.25, -0.2) is 0 Å². The van der Waals surface area contributed by atoms with Crippen LogP contribution >= 0.6 is 0 Å². The third-order valence-electron chi connectivity index (χ3n) is 3.99. The maximum atomic E-state index is 8.64. The molecule has 2 aromatic carbocycles. The number of amidine groups is 1. The SMILES string of the molecule is N=C(C(c1ccccc1)c1ccccc1)N1CCCC1. The van der Waals surface area contributed by atoms with Crippen LogP contribution in [-0.2, 0) is 0 Å². The largest absolute Gasteiger partial charge is 0.360 e. The normalized spacial score (nSPS) is 14.8. The van der Waals surface area contributed by atoms with Crippen LogP contribution in [0, 0.1) is 5.41 Å². The number of rotatable bonds is 3. The van der Waals surface area contributed by atoms with E-state index in [9.17, 15) is 0 Å². The van der Waals surface area contributed by atoms with Crippen molar-refractivity contribution in [2.45, 2.75) is 18.8 Å². The summed E-state index contributed by atoms with van der Waals surface area (Å²) in [6.07, 6.45) is 2.41. The third-order valence-corrected chi connectivity index (χ3v) is 3.99. The second-order valence-electron chi connectivity index (χ2n) is 5.33. The van der Waals surface area contributed by atoms with Crippen molar-refractivity contribution in [3.63, 3.8) is 0 Å². The number of hydrogen-bond acceptors (Lipinski definition) is 1. The molecule has 3 rings (SSSR count). The van der Waals surface area contributed by atoms with Crippen molar-refractivity contribution in [2.75, 3.05) is 13.1 Å². The van der Waals surface area contributed by atoms with Crippen LogP contribution in [0.1, 0.15) is 29.9 Å². The van der Waals surface area contributed by atoms with Crippen molar-refractivity contribution in [1.29, 1.82) is 5.41 Å². The summed E-state index contributed by atoms with van der Waals surface area (Å²) in [6.45, 7) is 2.05. The van der Waals surface area contributed by atoms with E-state index in [4.69, 9.17) is 5.41 Å². The Labute approximate surface area is 120 Å². The van der Waals surface area contributed by atoms with Gasteiger partial charge in [0.05, 0.1) is 5.92 Å².